The molecular formula is C19H21N3O3. The van der Waals surface area contributed by atoms with Gasteiger partial charge in [0.2, 0.25) is 5.88 Å². The molecule has 0 saturated heterocycles. The van der Waals surface area contributed by atoms with Gasteiger partial charge in [-0.15, -0.1) is 0 Å². The minimum Gasteiger partial charge on any atom is -0.494 e. The maximum absolute atomic E-state index is 12.4. The van der Waals surface area contributed by atoms with Crippen molar-refractivity contribution in [1.82, 2.24) is 4.57 Å². The van der Waals surface area contributed by atoms with Gasteiger partial charge < -0.3 is 9.84 Å². The van der Waals surface area contributed by atoms with Crippen LogP contribution >= 0.6 is 0 Å². The number of nitrogens with zero attached hydrogens (tertiary/aromatic N) is 3. The number of aromatic nitrogens is 1. The van der Waals surface area contributed by atoms with Crippen LogP contribution in [-0.2, 0) is 6.54 Å². The summed E-state index contributed by atoms with van der Waals surface area (Å²) in [6.45, 7) is 3.98. The maximum Gasteiger partial charge on any atom is 0.271 e. The third-order valence-electron chi connectivity index (χ3n) is 4.00. The van der Waals surface area contributed by atoms with Crippen molar-refractivity contribution in [1.29, 1.82) is 5.26 Å². The Morgan fingerprint density at radius 2 is 2.12 bits per heavy atom. The molecular weight excluding hydrogens is 318 g/mol. The summed E-state index contributed by atoms with van der Waals surface area (Å²) in [6, 6.07) is 9.15. The standard InChI is InChI=1S/C19H21N3O3/c1-4-5-10-22-18(23)14(11-20)13(2)15(19(22)24)12-21-16-8-6-7-9-17(16)25-3/h6-9,12,24H,4-5,10H2,1-3H3. The van der Waals surface area contributed by atoms with Gasteiger partial charge >= 0.3 is 0 Å². The van der Waals surface area contributed by atoms with Gasteiger partial charge in [-0.25, -0.2) is 0 Å². The molecule has 0 radical (unpaired) electrons. The highest BCUT2D eigenvalue weighted by Crippen LogP contribution is 2.27. The van der Waals surface area contributed by atoms with Crippen molar-refractivity contribution < 1.29 is 9.84 Å². The average Bonchev–Trinajstić information content (AvgIpc) is 2.62. The van der Waals surface area contributed by atoms with E-state index in [9.17, 15) is 15.2 Å². The first-order chi connectivity index (χ1) is 12.0. The highest BCUT2D eigenvalue weighted by Gasteiger charge is 2.17. The van der Waals surface area contributed by atoms with Gasteiger partial charge in [0, 0.05) is 12.8 Å². The Morgan fingerprint density at radius 1 is 1.40 bits per heavy atom. The quantitative estimate of drug-likeness (QED) is 0.818. The van der Waals surface area contributed by atoms with Gasteiger partial charge in [0.1, 0.15) is 23.1 Å². The summed E-state index contributed by atoms with van der Waals surface area (Å²) in [7, 11) is 1.55. The van der Waals surface area contributed by atoms with Crippen LogP contribution in [0, 0.1) is 18.3 Å². The minimum absolute atomic E-state index is 0.0235. The zero-order chi connectivity index (χ0) is 18.4. The second-order valence-corrected chi connectivity index (χ2v) is 5.59. The summed E-state index contributed by atoms with van der Waals surface area (Å²) in [5, 5.41) is 19.9. The molecule has 0 bridgehead atoms. The number of hydrogen-bond acceptors (Lipinski definition) is 5. The molecule has 0 spiro atoms. The average molecular weight is 339 g/mol. The van der Waals surface area contributed by atoms with Crippen LogP contribution in [0.5, 0.6) is 11.6 Å². The van der Waals surface area contributed by atoms with Crippen LogP contribution in [0.3, 0.4) is 0 Å². The maximum atomic E-state index is 12.4. The molecule has 0 aliphatic carbocycles. The predicted octanol–water partition coefficient (Wildman–Crippen LogP) is 3.29. The molecule has 1 N–H and O–H groups in total. The van der Waals surface area contributed by atoms with Crippen molar-refractivity contribution >= 4 is 11.9 Å². The molecule has 2 aromatic rings. The lowest BCUT2D eigenvalue weighted by Crippen LogP contribution is -2.25. The first kappa shape index (κ1) is 18.3. The number of nitriles is 1. The van der Waals surface area contributed by atoms with E-state index < -0.39 is 5.56 Å². The van der Waals surface area contributed by atoms with Gasteiger partial charge in [0.05, 0.1) is 12.7 Å². The first-order valence-corrected chi connectivity index (χ1v) is 8.08. The van der Waals surface area contributed by atoms with Crippen LogP contribution in [0.2, 0.25) is 0 Å². The summed E-state index contributed by atoms with van der Waals surface area (Å²) in [6.07, 6.45) is 3.06. The molecule has 0 aliphatic rings. The van der Waals surface area contributed by atoms with Gasteiger partial charge in [0.15, 0.2) is 0 Å². The Kier molecular flexibility index (Phi) is 5.96. The normalized spacial score (nSPS) is 10.8. The predicted molar refractivity (Wildman–Crippen MR) is 97.0 cm³/mol. The minimum atomic E-state index is -0.472. The number of rotatable bonds is 6. The van der Waals surface area contributed by atoms with Crippen molar-refractivity contribution in [3.63, 3.8) is 0 Å². The van der Waals surface area contributed by atoms with Crippen molar-refractivity contribution in [3.8, 4) is 17.7 Å². The number of aromatic hydroxyl groups is 1. The number of unbranched alkanes of at least 4 members (excludes halogenated alkanes) is 1. The Bertz CT molecular complexity index is 892. The van der Waals surface area contributed by atoms with E-state index in [-0.39, 0.29) is 11.4 Å². The zero-order valence-electron chi connectivity index (χ0n) is 14.6. The molecule has 0 fully saturated rings. The molecule has 6 heteroatoms. The molecule has 25 heavy (non-hydrogen) atoms. The van der Waals surface area contributed by atoms with Crippen molar-refractivity contribution in [2.24, 2.45) is 4.99 Å². The number of hydrogen-bond donors (Lipinski definition) is 1. The lowest BCUT2D eigenvalue weighted by Gasteiger charge is -2.13. The second kappa shape index (κ2) is 8.15. The number of aliphatic imine (C=N–C) groups is 1. The molecule has 1 aromatic heterocycles. The van der Waals surface area contributed by atoms with E-state index in [0.717, 1.165) is 12.8 Å². The van der Waals surface area contributed by atoms with Crippen LogP contribution in [0.25, 0.3) is 0 Å². The Balaban J connectivity index is 2.59. The molecule has 6 nitrogen and oxygen atoms in total. The molecule has 0 aliphatic heterocycles. The fraction of sp³-hybridized carbons (Fsp3) is 0.316. The third-order valence-corrected chi connectivity index (χ3v) is 4.00. The number of ether oxygens (including phenoxy) is 1. The fourth-order valence-corrected chi connectivity index (χ4v) is 2.52. The summed E-state index contributed by atoms with van der Waals surface area (Å²) < 4.78 is 6.49. The van der Waals surface area contributed by atoms with Gasteiger partial charge in [-0.3, -0.25) is 14.4 Å². The van der Waals surface area contributed by atoms with Crippen LogP contribution in [0.1, 0.15) is 36.5 Å². The van der Waals surface area contributed by atoms with E-state index in [1.807, 2.05) is 25.1 Å². The lowest BCUT2D eigenvalue weighted by molar-refractivity contribution is 0.399. The van der Waals surface area contributed by atoms with E-state index in [4.69, 9.17) is 4.74 Å². The Morgan fingerprint density at radius 3 is 2.76 bits per heavy atom. The summed E-state index contributed by atoms with van der Waals surface area (Å²) in [5.41, 5.74) is 0.916. The zero-order valence-corrected chi connectivity index (χ0v) is 14.6. The first-order valence-electron chi connectivity index (χ1n) is 8.08. The van der Waals surface area contributed by atoms with Crippen LogP contribution in [-0.4, -0.2) is 23.0 Å². The molecule has 1 aromatic carbocycles. The van der Waals surface area contributed by atoms with Crippen molar-refractivity contribution in [2.45, 2.75) is 33.2 Å². The van der Waals surface area contributed by atoms with Crippen molar-refractivity contribution in [2.75, 3.05) is 7.11 Å². The van der Waals surface area contributed by atoms with Gasteiger partial charge in [0.25, 0.3) is 5.56 Å². The van der Waals surface area contributed by atoms with Gasteiger partial charge in [-0.2, -0.15) is 5.26 Å². The SMILES string of the molecule is CCCCn1c(O)c(C=Nc2ccccc2OC)c(C)c(C#N)c1=O. The second-order valence-electron chi connectivity index (χ2n) is 5.59. The molecule has 0 atom stereocenters. The molecule has 0 unspecified atom stereocenters. The Hall–Kier alpha value is -3.07. The van der Waals surface area contributed by atoms with E-state index in [0.29, 0.717) is 29.1 Å². The lowest BCUT2D eigenvalue weighted by atomic mass is 10.1. The summed E-state index contributed by atoms with van der Waals surface area (Å²) in [5.74, 6) is 0.421. The molecule has 130 valence electrons. The topological polar surface area (TPSA) is 87.6 Å². The third kappa shape index (κ3) is 3.72. The molecule has 0 saturated carbocycles. The molecule has 0 amide bonds. The number of benzene rings is 1. The van der Waals surface area contributed by atoms with Gasteiger partial charge in [-0.05, 0) is 31.0 Å². The smallest absolute Gasteiger partial charge is 0.271 e. The largest absolute Gasteiger partial charge is 0.494 e. The summed E-state index contributed by atoms with van der Waals surface area (Å²) in [4.78, 5) is 16.8. The summed E-state index contributed by atoms with van der Waals surface area (Å²) >= 11 is 0. The highest BCUT2D eigenvalue weighted by atomic mass is 16.5. The van der Waals surface area contributed by atoms with Crippen LogP contribution < -0.4 is 10.3 Å². The fourth-order valence-electron chi connectivity index (χ4n) is 2.52. The molecule has 1 heterocycles. The number of para-hydroxylation sites is 2. The van der Waals surface area contributed by atoms with Crippen LogP contribution in [0.15, 0.2) is 34.1 Å². The van der Waals surface area contributed by atoms with Gasteiger partial charge in [-0.1, -0.05) is 25.5 Å². The van der Waals surface area contributed by atoms with Crippen molar-refractivity contribution in [3.05, 3.63) is 51.3 Å². The van der Waals surface area contributed by atoms with E-state index in [1.54, 1.807) is 26.2 Å². The number of pyridine rings is 1. The van der Waals surface area contributed by atoms with E-state index in [1.165, 1.54) is 10.8 Å². The Labute approximate surface area is 146 Å². The van der Waals surface area contributed by atoms with E-state index >= 15 is 0 Å². The molecule has 2 rings (SSSR count). The van der Waals surface area contributed by atoms with E-state index in [2.05, 4.69) is 4.99 Å². The highest BCUT2D eigenvalue weighted by molar-refractivity contribution is 5.87. The van der Waals surface area contributed by atoms with Crippen LogP contribution in [0.4, 0.5) is 5.69 Å². The monoisotopic (exact) mass is 339 g/mol. The number of methoxy groups -OCH3 is 1.